The van der Waals surface area contributed by atoms with E-state index in [9.17, 15) is 0 Å². The van der Waals surface area contributed by atoms with Crippen molar-refractivity contribution in [3.8, 4) is 5.75 Å². The van der Waals surface area contributed by atoms with Gasteiger partial charge < -0.3 is 15.8 Å². The number of nitrogens with one attached hydrogen (secondary N) is 1. The monoisotopic (exact) mass is 291 g/mol. The van der Waals surface area contributed by atoms with E-state index >= 15 is 0 Å². The number of aliphatic imine (C=N–C) groups is 1. The Balaban J connectivity index is 2.28. The Morgan fingerprint density at radius 3 is 2.43 bits per heavy atom. The van der Waals surface area contributed by atoms with Crippen LogP contribution in [0.5, 0.6) is 5.75 Å². The second-order valence-electron chi connectivity index (χ2n) is 5.94. The van der Waals surface area contributed by atoms with Crippen molar-refractivity contribution in [2.75, 3.05) is 13.1 Å². The van der Waals surface area contributed by atoms with E-state index < -0.39 is 0 Å². The zero-order valence-electron chi connectivity index (χ0n) is 13.7. The van der Waals surface area contributed by atoms with Crippen LogP contribution in [-0.4, -0.2) is 25.2 Å². The average molecular weight is 291 g/mol. The Hall–Kier alpha value is -1.71. The molecule has 1 aromatic carbocycles. The molecule has 1 aromatic rings. The lowest BCUT2D eigenvalue weighted by atomic mass is 10.1. The van der Waals surface area contributed by atoms with Crippen LogP contribution in [0.15, 0.2) is 29.3 Å². The average Bonchev–Trinajstić information content (AvgIpc) is 2.39. The predicted octanol–water partition coefficient (Wildman–Crippen LogP) is 2.97. The highest BCUT2D eigenvalue weighted by atomic mass is 16.5. The van der Waals surface area contributed by atoms with Crippen LogP contribution in [0.1, 0.15) is 39.7 Å². The Labute approximate surface area is 128 Å². The van der Waals surface area contributed by atoms with Gasteiger partial charge in [-0.05, 0) is 50.3 Å². The molecule has 0 heterocycles. The zero-order valence-corrected chi connectivity index (χ0v) is 13.7. The van der Waals surface area contributed by atoms with Crippen molar-refractivity contribution in [3.63, 3.8) is 0 Å². The third-order valence-electron chi connectivity index (χ3n) is 3.00. The first kappa shape index (κ1) is 17.3. The van der Waals surface area contributed by atoms with Gasteiger partial charge in [-0.2, -0.15) is 0 Å². The van der Waals surface area contributed by atoms with Gasteiger partial charge in [0.15, 0.2) is 5.96 Å². The molecule has 118 valence electrons. The van der Waals surface area contributed by atoms with Crippen molar-refractivity contribution in [3.05, 3.63) is 29.8 Å². The Kier molecular flexibility index (Phi) is 7.65. The molecule has 0 spiro atoms. The zero-order chi connectivity index (χ0) is 15.7. The standard InChI is InChI=1S/C17H29N3O/c1-13(2)9-11-19-17(18)20-12-10-15-5-7-16(8-6-15)21-14(3)4/h5-8,13-14H,9-12H2,1-4H3,(H3,18,19,20). The smallest absolute Gasteiger partial charge is 0.188 e. The molecule has 0 fully saturated rings. The molecule has 0 aromatic heterocycles. The van der Waals surface area contributed by atoms with Gasteiger partial charge in [0, 0.05) is 13.1 Å². The van der Waals surface area contributed by atoms with Gasteiger partial charge >= 0.3 is 0 Å². The van der Waals surface area contributed by atoms with Crippen LogP contribution in [0.25, 0.3) is 0 Å². The molecule has 0 saturated carbocycles. The number of hydrogen-bond donors (Lipinski definition) is 2. The Morgan fingerprint density at radius 1 is 1.19 bits per heavy atom. The molecule has 0 atom stereocenters. The fraction of sp³-hybridized carbons (Fsp3) is 0.588. The summed E-state index contributed by atoms with van der Waals surface area (Å²) in [5.74, 6) is 2.11. The van der Waals surface area contributed by atoms with E-state index in [1.807, 2.05) is 26.0 Å². The number of hydrogen-bond acceptors (Lipinski definition) is 2. The van der Waals surface area contributed by atoms with Gasteiger partial charge in [0.05, 0.1) is 6.10 Å². The maximum atomic E-state index is 5.82. The van der Waals surface area contributed by atoms with Crippen LogP contribution >= 0.6 is 0 Å². The van der Waals surface area contributed by atoms with E-state index in [1.165, 1.54) is 5.56 Å². The van der Waals surface area contributed by atoms with Crippen LogP contribution in [-0.2, 0) is 6.42 Å². The minimum atomic E-state index is 0.208. The maximum Gasteiger partial charge on any atom is 0.188 e. The van der Waals surface area contributed by atoms with Crippen molar-refractivity contribution < 1.29 is 4.74 Å². The molecular formula is C17H29N3O. The lowest BCUT2D eigenvalue weighted by Crippen LogP contribution is -2.33. The van der Waals surface area contributed by atoms with Crippen LogP contribution in [0.3, 0.4) is 0 Å². The fourth-order valence-corrected chi connectivity index (χ4v) is 1.84. The molecule has 21 heavy (non-hydrogen) atoms. The van der Waals surface area contributed by atoms with Crippen molar-refractivity contribution in [1.82, 2.24) is 5.32 Å². The minimum Gasteiger partial charge on any atom is -0.491 e. The van der Waals surface area contributed by atoms with E-state index in [1.54, 1.807) is 0 Å². The molecule has 0 aliphatic rings. The van der Waals surface area contributed by atoms with Gasteiger partial charge in [-0.15, -0.1) is 0 Å². The Bertz CT molecular complexity index is 424. The van der Waals surface area contributed by atoms with Gasteiger partial charge in [-0.25, -0.2) is 0 Å². The summed E-state index contributed by atoms with van der Waals surface area (Å²) in [6.07, 6.45) is 2.20. The van der Waals surface area contributed by atoms with Gasteiger partial charge in [0.25, 0.3) is 0 Å². The molecule has 0 amide bonds. The molecule has 0 bridgehead atoms. The summed E-state index contributed by atoms with van der Waals surface area (Å²) in [6.45, 7) is 10.0. The highest BCUT2D eigenvalue weighted by molar-refractivity contribution is 5.77. The predicted molar refractivity (Wildman–Crippen MR) is 89.9 cm³/mol. The number of benzene rings is 1. The summed E-state index contributed by atoms with van der Waals surface area (Å²) >= 11 is 0. The highest BCUT2D eigenvalue weighted by Gasteiger charge is 1.99. The summed E-state index contributed by atoms with van der Waals surface area (Å²) in [6, 6.07) is 8.20. The summed E-state index contributed by atoms with van der Waals surface area (Å²) in [4.78, 5) is 4.31. The van der Waals surface area contributed by atoms with E-state index in [-0.39, 0.29) is 6.10 Å². The maximum absolute atomic E-state index is 5.82. The first-order valence-corrected chi connectivity index (χ1v) is 7.76. The van der Waals surface area contributed by atoms with E-state index in [2.05, 4.69) is 36.3 Å². The molecule has 0 radical (unpaired) electrons. The van der Waals surface area contributed by atoms with Gasteiger partial charge in [-0.3, -0.25) is 4.99 Å². The van der Waals surface area contributed by atoms with Crippen LogP contribution in [0.4, 0.5) is 0 Å². The topological polar surface area (TPSA) is 59.6 Å². The van der Waals surface area contributed by atoms with E-state index in [4.69, 9.17) is 10.5 Å². The van der Waals surface area contributed by atoms with Gasteiger partial charge in [0.2, 0.25) is 0 Å². The summed E-state index contributed by atoms with van der Waals surface area (Å²) in [5, 5.41) is 3.15. The number of guanidine groups is 1. The quantitative estimate of drug-likeness (QED) is 0.572. The third kappa shape index (κ3) is 8.23. The first-order chi connectivity index (χ1) is 9.97. The van der Waals surface area contributed by atoms with Crippen molar-refractivity contribution in [2.24, 2.45) is 16.6 Å². The Morgan fingerprint density at radius 2 is 1.86 bits per heavy atom. The van der Waals surface area contributed by atoms with Crippen LogP contribution in [0.2, 0.25) is 0 Å². The third-order valence-corrected chi connectivity index (χ3v) is 3.00. The second kappa shape index (κ2) is 9.27. The first-order valence-electron chi connectivity index (χ1n) is 7.76. The summed E-state index contributed by atoms with van der Waals surface area (Å²) < 4.78 is 5.62. The summed E-state index contributed by atoms with van der Waals surface area (Å²) in [7, 11) is 0. The SMILES string of the molecule is CC(C)CCN=C(N)NCCc1ccc(OC(C)C)cc1. The summed E-state index contributed by atoms with van der Waals surface area (Å²) in [5.41, 5.74) is 7.08. The second-order valence-corrected chi connectivity index (χ2v) is 5.94. The minimum absolute atomic E-state index is 0.208. The van der Waals surface area contributed by atoms with Gasteiger partial charge in [0.1, 0.15) is 5.75 Å². The number of ether oxygens (including phenoxy) is 1. The molecule has 4 heteroatoms. The van der Waals surface area contributed by atoms with E-state index in [0.29, 0.717) is 11.9 Å². The molecular weight excluding hydrogens is 262 g/mol. The molecule has 0 unspecified atom stereocenters. The number of rotatable bonds is 8. The fourth-order valence-electron chi connectivity index (χ4n) is 1.84. The largest absolute Gasteiger partial charge is 0.491 e. The molecule has 0 aliphatic carbocycles. The molecule has 4 nitrogen and oxygen atoms in total. The van der Waals surface area contributed by atoms with Crippen molar-refractivity contribution in [1.29, 1.82) is 0 Å². The van der Waals surface area contributed by atoms with E-state index in [0.717, 1.165) is 31.7 Å². The lowest BCUT2D eigenvalue weighted by molar-refractivity contribution is 0.242. The van der Waals surface area contributed by atoms with Crippen molar-refractivity contribution in [2.45, 2.75) is 46.6 Å². The lowest BCUT2D eigenvalue weighted by Gasteiger charge is -2.10. The number of nitrogens with zero attached hydrogens (tertiary/aromatic N) is 1. The molecule has 0 saturated heterocycles. The molecule has 0 aliphatic heterocycles. The molecule has 3 N–H and O–H groups in total. The van der Waals surface area contributed by atoms with Gasteiger partial charge in [-0.1, -0.05) is 26.0 Å². The number of nitrogens with two attached hydrogens (primary N) is 1. The van der Waals surface area contributed by atoms with Crippen molar-refractivity contribution >= 4 is 5.96 Å². The highest BCUT2D eigenvalue weighted by Crippen LogP contribution is 2.13. The van der Waals surface area contributed by atoms with Crippen LogP contribution in [0, 0.1) is 5.92 Å². The molecule has 1 rings (SSSR count). The normalized spacial score (nSPS) is 12.0. The van der Waals surface area contributed by atoms with Crippen LogP contribution < -0.4 is 15.8 Å².